The third-order valence-electron chi connectivity index (χ3n) is 1.24. The Kier molecular flexibility index (Phi) is 4.04. The van der Waals surface area contributed by atoms with Crippen LogP contribution >= 0.6 is 0 Å². The van der Waals surface area contributed by atoms with Crippen molar-refractivity contribution in [3.8, 4) is 0 Å². The van der Waals surface area contributed by atoms with E-state index in [0.29, 0.717) is 0 Å². The first-order valence-electron chi connectivity index (χ1n) is 3.53. The van der Waals surface area contributed by atoms with Gasteiger partial charge in [0.1, 0.15) is 0 Å². The minimum absolute atomic E-state index is 0.301. The first-order chi connectivity index (χ1) is 5.49. The summed E-state index contributed by atoms with van der Waals surface area (Å²) in [6.45, 7) is 4.78. The second kappa shape index (κ2) is 4.54. The molecule has 0 fully saturated rings. The van der Waals surface area contributed by atoms with Gasteiger partial charge in [0.2, 0.25) is 0 Å². The van der Waals surface area contributed by atoms with Gasteiger partial charge in [0.25, 0.3) is 0 Å². The van der Waals surface area contributed by atoms with Gasteiger partial charge < -0.3 is 9.64 Å². The monoisotopic (exact) mass is 171 g/mol. The molecule has 0 rings (SSSR count). The number of hydrogen-bond acceptors (Lipinski definition) is 3. The van der Waals surface area contributed by atoms with Crippen molar-refractivity contribution in [2.24, 2.45) is 0 Å². The SMILES string of the molecule is C=CC(=O)C(C)OC(=O)N(C)C. The molecule has 0 aliphatic heterocycles. The lowest BCUT2D eigenvalue weighted by Gasteiger charge is -2.14. The second-order valence-electron chi connectivity index (χ2n) is 2.53. The van der Waals surface area contributed by atoms with Crippen LogP contribution in [0.1, 0.15) is 6.92 Å². The normalized spacial score (nSPS) is 11.6. The molecule has 0 heterocycles. The van der Waals surface area contributed by atoms with Crippen LogP contribution in [0.4, 0.5) is 4.79 Å². The number of hydrogen-bond donors (Lipinski definition) is 0. The molecular formula is C8H13NO3. The molecule has 12 heavy (non-hydrogen) atoms. The zero-order chi connectivity index (χ0) is 9.72. The Morgan fingerprint density at radius 3 is 2.33 bits per heavy atom. The van der Waals surface area contributed by atoms with Gasteiger partial charge in [0, 0.05) is 14.1 Å². The van der Waals surface area contributed by atoms with Crippen LogP contribution in [0, 0.1) is 0 Å². The fourth-order valence-electron chi connectivity index (χ4n) is 0.481. The molecule has 0 bridgehead atoms. The molecule has 0 saturated heterocycles. The predicted octanol–water partition coefficient (Wildman–Crippen LogP) is 0.828. The third-order valence-corrected chi connectivity index (χ3v) is 1.24. The lowest BCUT2D eigenvalue weighted by atomic mass is 10.2. The van der Waals surface area contributed by atoms with Crippen molar-refractivity contribution in [1.29, 1.82) is 0 Å². The van der Waals surface area contributed by atoms with Gasteiger partial charge in [-0.05, 0) is 13.0 Å². The van der Waals surface area contributed by atoms with E-state index in [1.807, 2.05) is 0 Å². The van der Waals surface area contributed by atoms with E-state index in [1.165, 1.54) is 11.8 Å². The first kappa shape index (κ1) is 10.7. The standard InChI is InChI=1S/C8H13NO3/c1-5-7(10)6(2)12-8(11)9(3)4/h5-6H,1H2,2-4H3. The molecule has 0 saturated carbocycles. The Morgan fingerprint density at radius 2 is 2.00 bits per heavy atom. The highest BCUT2D eigenvalue weighted by molar-refractivity contribution is 5.93. The number of nitrogens with zero attached hydrogens (tertiary/aromatic N) is 1. The number of ketones is 1. The van der Waals surface area contributed by atoms with Gasteiger partial charge >= 0.3 is 6.09 Å². The van der Waals surface area contributed by atoms with Crippen molar-refractivity contribution in [2.75, 3.05) is 14.1 Å². The summed E-state index contributed by atoms with van der Waals surface area (Å²) >= 11 is 0. The first-order valence-corrected chi connectivity index (χ1v) is 3.53. The van der Waals surface area contributed by atoms with Crippen LogP contribution < -0.4 is 0 Å². The molecule has 4 heteroatoms. The van der Waals surface area contributed by atoms with Crippen LogP contribution in [0.2, 0.25) is 0 Å². The molecule has 1 atom stereocenters. The number of rotatable bonds is 3. The fraction of sp³-hybridized carbons (Fsp3) is 0.500. The van der Waals surface area contributed by atoms with Crippen LogP contribution in [0.3, 0.4) is 0 Å². The molecule has 0 N–H and O–H groups in total. The van der Waals surface area contributed by atoms with E-state index in [1.54, 1.807) is 14.1 Å². The quantitative estimate of drug-likeness (QED) is 0.591. The van der Waals surface area contributed by atoms with Crippen LogP contribution in [-0.2, 0) is 9.53 Å². The van der Waals surface area contributed by atoms with Gasteiger partial charge in [0.15, 0.2) is 11.9 Å². The molecule has 0 aromatic rings. The molecule has 0 aromatic heterocycles. The highest BCUT2D eigenvalue weighted by Gasteiger charge is 2.15. The van der Waals surface area contributed by atoms with Crippen molar-refractivity contribution in [2.45, 2.75) is 13.0 Å². The van der Waals surface area contributed by atoms with E-state index in [2.05, 4.69) is 6.58 Å². The van der Waals surface area contributed by atoms with Crippen LogP contribution in [-0.4, -0.2) is 37.0 Å². The third kappa shape index (κ3) is 3.18. The van der Waals surface area contributed by atoms with Gasteiger partial charge in [-0.1, -0.05) is 6.58 Å². The van der Waals surface area contributed by atoms with Gasteiger partial charge in [-0.25, -0.2) is 4.79 Å². The van der Waals surface area contributed by atoms with Gasteiger partial charge in [-0.15, -0.1) is 0 Å². The van der Waals surface area contributed by atoms with Crippen LogP contribution in [0.25, 0.3) is 0 Å². The summed E-state index contributed by atoms with van der Waals surface area (Å²) in [6.07, 6.45) is -0.150. The predicted molar refractivity (Wildman–Crippen MR) is 44.8 cm³/mol. The minimum atomic E-state index is -0.752. The molecule has 0 aliphatic rings. The minimum Gasteiger partial charge on any atom is -0.438 e. The summed E-state index contributed by atoms with van der Waals surface area (Å²) in [5, 5.41) is 0. The molecule has 4 nitrogen and oxygen atoms in total. The molecule has 68 valence electrons. The van der Waals surface area contributed by atoms with E-state index in [-0.39, 0.29) is 5.78 Å². The number of carbonyl (C=O) groups is 2. The Labute approximate surface area is 71.8 Å². The molecule has 0 aromatic carbocycles. The zero-order valence-corrected chi connectivity index (χ0v) is 7.53. The van der Waals surface area contributed by atoms with E-state index >= 15 is 0 Å². The van der Waals surface area contributed by atoms with Gasteiger partial charge in [-0.3, -0.25) is 4.79 Å². The van der Waals surface area contributed by atoms with Crippen molar-refractivity contribution < 1.29 is 14.3 Å². The number of ether oxygens (including phenoxy) is 1. The van der Waals surface area contributed by atoms with Gasteiger partial charge in [0.05, 0.1) is 0 Å². The molecule has 0 spiro atoms. The topological polar surface area (TPSA) is 46.6 Å². The van der Waals surface area contributed by atoms with Crippen LogP contribution in [0.5, 0.6) is 0 Å². The van der Waals surface area contributed by atoms with E-state index in [9.17, 15) is 9.59 Å². The number of carbonyl (C=O) groups excluding carboxylic acids is 2. The van der Waals surface area contributed by atoms with Crippen LogP contribution in [0.15, 0.2) is 12.7 Å². The van der Waals surface area contributed by atoms with Crippen molar-refractivity contribution >= 4 is 11.9 Å². The lowest BCUT2D eigenvalue weighted by molar-refractivity contribution is -0.122. The molecular weight excluding hydrogens is 158 g/mol. The van der Waals surface area contributed by atoms with Crippen molar-refractivity contribution in [3.63, 3.8) is 0 Å². The summed E-state index contributed by atoms with van der Waals surface area (Å²) in [5.74, 6) is -0.301. The van der Waals surface area contributed by atoms with Crippen molar-refractivity contribution in [3.05, 3.63) is 12.7 Å². The smallest absolute Gasteiger partial charge is 0.409 e. The average Bonchev–Trinajstić information content (AvgIpc) is 2.02. The Balaban J connectivity index is 4.00. The summed E-state index contributed by atoms with van der Waals surface area (Å²) in [4.78, 5) is 23.0. The van der Waals surface area contributed by atoms with E-state index in [0.717, 1.165) is 6.08 Å². The molecule has 1 amide bonds. The Bertz CT molecular complexity index is 198. The highest BCUT2D eigenvalue weighted by Crippen LogP contribution is 1.96. The fourth-order valence-corrected chi connectivity index (χ4v) is 0.481. The second-order valence-corrected chi connectivity index (χ2v) is 2.53. The maximum atomic E-state index is 10.9. The maximum absolute atomic E-state index is 10.9. The summed E-state index contributed by atoms with van der Waals surface area (Å²) < 4.78 is 4.73. The summed E-state index contributed by atoms with van der Waals surface area (Å²) in [6, 6.07) is 0. The number of amides is 1. The Hall–Kier alpha value is -1.32. The van der Waals surface area contributed by atoms with Crippen molar-refractivity contribution in [1.82, 2.24) is 4.90 Å². The maximum Gasteiger partial charge on any atom is 0.409 e. The van der Waals surface area contributed by atoms with E-state index < -0.39 is 12.2 Å². The van der Waals surface area contributed by atoms with E-state index in [4.69, 9.17) is 4.74 Å². The highest BCUT2D eigenvalue weighted by atomic mass is 16.6. The molecule has 1 unspecified atom stereocenters. The molecule has 0 radical (unpaired) electrons. The average molecular weight is 171 g/mol. The summed E-state index contributed by atoms with van der Waals surface area (Å²) in [7, 11) is 3.10. The zero-order valence-electron chi connectivity index (χ0n) is 7.53. The lowest BCUT2D eigenvalue weighted by Crippen LogP contribution is -2.30. The summed E-state index contributed by atoms with van der Waals surface area (Å²) in [5.41, 5.74) is 0. The van der Waals surface area contributed by atoms with Gasteiger partial charge in [-0.2, -0.15) is 0 Å². The largest absolute Gasteiger partial charge is 0.438 e. The molecule has 0 aliphatic carbocycles. The Morgan fingerprint density at radius 1 is 1.50 bits per heavy atom.